The summed E-state index contributed by atoms with van der Waals surface area (Å²) in [6, 6.07) is 9.38. The Morgan fingerprint density at radius 1 is 1.14 bits per heavy atom. The number of hydrogen-bond acceptors (Lipinski definition) is 7. The standard InChI is InChI=1S/C16H15FN2O4.C2H2O4/c17-13-3-1-2-11(6-13)4-5-18-9-12-7-15-16(23-10-22-15)8-14(12)19(20)21;3-1(4)2(5)6/h1-3,6-8,18H,4-5,9-10H2;(H,3,4)(H,5,6). The zero-order valence-electron chi connectivity index (χ0n) is 15.0. The molecule has 0 saturated carbocycles. The van der Waals surface area contributed by atoms with Crippen LogP contribution in [-0.2, 0) is 22.6 Å². The Morgan fingerprint density at radius 2 is 1.79 bits per heavy atom. The van der Waals surface area contributed by atoms with Gasteiger partial charge in [0.15, 0.2) is 11.5 Å². The van der Waals surface area contributed by atoms with Crippen molar-refractivity contribution in [2.24, 2.45) is 0 Å². The number of nitro groups is 1. The molecule has 3 N–H and O–H groups in total. The largest absolute Gasteiger partial charge is 0.473 e. The minimum absolute atomic E-state index is 0.00694. The number of nitro benzene ring substituents is 1. The topological polar surface area (TPSA) is 148 Å². The second kappa shape index (κ2) is 9.99. The van der Waals surface area contributed by atoms with Gasteiger partial charge in [-0.2, -0.15) is 0 Å². The molecular formula is C18H17FN2O8. The number of carboxylic acids is 2. The molecule has 0 spiro atoms. The Kier molecular flexibility index (Phi) is 7.43. The van der Waals surface area contributed by atoms with Gasteiger partial charge in [-0.05, 0) is 36.7 Å². The number of benzene rings is 2. The molecule has 0 aromatic heterocycles. The van der Waals surface area contributed by atoms with Gasteiger partial charge in [0.2, 0.25) is 6.79 Å². The van der Waals surface area contributed by atoms with Gasteiger partial charge in [-0.3, -0.25) is 10.1 Å². The van der Waals surface area contributed by atoms with Gasteiger partial charge in [0.25, 0.3) is 5.69 Å². The summed E-state index contributed by atoms with van der Waals surface area (Å²) in [5.41, 5.74) is 1.39. The van der Waals surface area contributed by atoms with Crippen LogP contribution in [0.3, 0.4) is 0 Å². The van der Waals surface area contributed by atoms with Gasteiger partial charge in [0.1, 0.15) is 5.82 Å². The van der Waals surface area contributed by atoms with E-state index in [1.54, 1.807) is 12.1 Å². The van der Waals surface area contributed by atoms with Gasteiger partial charge >= 0.3 is 11.9 Å². The van der Waals surface area contributed by atoms with E-state index in [1.807, 2.05) is 6.07 Å². The molecule has 1 aliphatic rings. The number of carbonyl (C=O) groups is 2. The Bertz CT molecular complexity index is 907. The van der Waals surface area contributed by atoms with Crippen LogP contribution < -0.4 is 14.8 Å². The Hall–Kier alpha value is -3.73. The van der Waals surface area contributed by atoms with Gasteiger partial charge in [0.05, 0.1) is 11.0 Å². The van der Waals surface area contributed by atoms with E-state index in [-0.39, 0.29) is 18.3 Å². The molecule has 3 rings (SSSR count). The summed E-state index contributed by atoms with van der Waals surface area (Å²) in [5.74, 6) is -3.02. The number of nitrogens with one attached hydrogen (secondary N) is 1. The molecule has 0 aliphatic carbocycles. The van der Waals surface area contributed by atoms with Crippen LogP contribution in [0.5, 0.6) is 11.5 Å². The molecule has 0 amide bonds. The first-order valence-corrected chi connectivity index (χ1v) is 8.26. The van der Waals surface area contributed by atoms with E-state index in [2.05, 4.69) is 5.32 Å². The van der Waals surface area contributed by atoms with E-state index < -0.39 is 16.9 Å². The van der Waals surface area contributed by atoms with E-state index >= 15 is 0 Å². The number of hydrogen-bond donors (Lipinski definition) is 3. The van der Waals surface area contributed by atoms with E-state index in [0.717, 1.165) is 5.56 Å². The van der Waals surface area contributed by atoms with Crippen molar-refractivity contribution in [1.82, 2.24) is 5.32 Å². The first-order chi connectivity index (χ1) is 13.8. The first kappa shape index (κ1) is 21.6. The minimum atomic E-state index is -1.82. The van der Waals surface area contributed by atoms with Crippen LogP contribution in [0.15, 0.2) is 36.4 Å². The number of carboxylic acid groups (broad SMARTS) is 2. The van der Waals surface area contributed by atoms with Crippen molar-refractivity contribution in [3.63, 3.8) is 0 Å². The minimum Gasteiger partial charge on any atom is -0.473 e. The van der Waals surface area contributed by atoms with Crippen molar-refractivity contribution in [3.8, 4) is 11.5 Å². The highest BCUT2D eigenvalue weighted by Gasteiger charge is 2.22. The molecule has 2 aromatic rings. The average molecular weight is 408 g/mol. The van der Waals surface area contributed by atoms with E-state index in [1.165, 1.54) is 18.2 Å². The van der Waals surface area contributed by atoms with E-state index in [9.17, 15) is 14.5 Å². The summed E-state index contributed by atoms with van der Waals surface area (Å²) in [5, 5.41) is 29.1. The molecule has 2 aromatic carbocycles. The van der Waals surface area contributed by atoms with Gasteiger partial charge < -0.3 is 25.0 Å². The molecule has 0 radical (unpaired) electrons. The predicted octanol–water partition coefficient (Wildman–Crippen LogP) is 1.95. The maximum Gasteiger partial charge on any atom is 0.414 e. The van der Waals surface area contributed by atoms with Gasteiger partial charge in [-0.1, -0.05) is 12.1 Å². The van der Waals surface area contributed by atoms with Gasteiger partial charge in [-0.15, -0.1) is 0 Å². The van der Waals surface area contributed by atoms with Crippen LogP contribution in [0.25, 0.3) is 0 Å². The average Bonchev–Trinajstić information content (AvgIpc) is 3.12. The Morgan fingerprint density at radius 3 is 2.38 bits per heavy atom. The fourth-order valence-corrected chi connectivity index (χ4v) is 2.43. The number of aliphatic carboxylic acids is 2. The molecule has 154 valence electrons. The third-order valence-electron chi connectivity index (χ3n) is 3.75. The molecule has 0 bridgehead atoms. The second-order valence-electron chi connectivity index (χ2n) is 5.76. The number of ether oxygens (including phenoxy) is 2. The van der Waals surface area contributed by atoms with E-state index in [4.69, 9.17) is 29.3 Å². The van der Waals surface area contributed by atoms with Gasteiger partial charge in [0, 0.05) is 12.1 Å². The van der Waals surface area contributed by atoms with Crippen molar-refractivity contribution in [1.29, 1.82) is 0 Å². The lowest BCUT2D eigenvalue weighted by molar-refractivity contribution is -0.385. The molecule has 10 nitrogen and oxygen atoms in total. The normalized spacial score (nSPS) is 11.3. The summed E-state index contributed by atoms with van der Waals surface area (Å²) in [7, 11) is 0. The van der Waals surface area contributed by atoms with Crippen LogP contribution in [0, 0.1) is 15.9 Å². The second-order valence-corrected chi connectivity index (χ2v) is 5.76. The molecule has 0 atom stereocenters. The lowest BCUT2D eigenvalue weighted by atomic mass is 10.1. The summed E-state index contributed by atoms with van der Waals surface area (Å²) >= 11 is 0. The van der Waals surface area contributed by atoms with Crippen molar-refractivity contribution in [3.05, 3.63) is 63.5 Å². The van der Waals surface area contributed by atoms with Crippen LogP contribution in [0.2, 0.25) is 0 Å². The Balaban J connectivity index is 0.000000438. The smallest absolute Gasteiger partial charge is 0.414 e. The van der Waals surface area contributed by atoms with Crippen molar-refractivity contribution >= 4 is 17.6 Å². The van der Waals surface area contributed by atoms with Crippen LogP contribution in [0.4, 0.5) is 10.1 Å². The summed E-state index contributed by atoms with van der Waals surface area (Å²) in [6.07, 6.45) is 0.635. The first-order valence-electron chi connectivity index (χ1n) is 8.26. The molecule has 1 heterocycles. The highest BCUT2D eigenvalue weighted by Crippen LogP contribution is 2.37. The third-order valence-corrected chi connectivity index (χ3v) is 3.75. The fourth-order valence-electron chi connectivity index (χ4n) is 2.43. The van der Waals surface area contributed by atoms with E-state index in [0.29, 0.717) is 36.6 Å². The quantitative estimate of drug-likeness (QED) is 0.282. The Labute approximate surface area is 163 Å². The monoisotopic (exact) mass is 408 g/mol. The molecule has 1 aliphatic heterocycles. The SMILES string of the molecule is O=C(O)C(=O)O.O=[N+]([O-])c1cc2c(cc1CNCCc1cccc(F)c1)OCO2. The molecule has 0 unspecified atom stereocenters. The number of fused-ring (bicyclic) bond motifs is 1. The van der Waals surface area contributed by atoms with Crippen molar-refractivity contribution in [2.75, 3.05) is 13.3 Å². The summed E-state index contributed by atoms with van der Waals surface area (Å²) in [4.78, 5) is 28.9. The summed E-state index contributed by atoms with van der Waals surface area (Å²) in [6.45, 7) is 0.972. The van der Waals surface area contributed by atoms with Crippen molar-refractivity contribution in [2.45, 2.75) is 13.0 Å². The van der Waals surface area contributed by atoms with Crippen LogP contribution >= 0.6 is 0 Å². The predicted molar refractivity (Wildman–Crippen MR) is 96.3 cm³/mol. The summed E-state index contributed by atoms with van der Waals surface area (Å²) < 4.78 is 23.5. The zero-order valence-corrected chi connectivity index (χ0v) is 15.0. The number of nitrogens with zero attached hydrogens (tertiary/aromatic N) is 1. The lowest BCUT2D eigenvalue weighted by Gasteiger charge is -2.07. The molecular weight excluding hydrogens is 391 g/mol. The molecule has 11 heteroatoms. The maximum absolute atomic E-state index is 13.1. The fraction of sp³-hybridized carbons (Fsp3) is 0.222. The van der Waals surface area contributed by atoms with Crippen LogP contribution in [-0.4, -0.2) is 40.4 Å². The molecule has 0 saturated heterocycles. The lowest BCUT2D eigenvalue weighted by Crippen LogP contribution is -2.17. The van der Waals surface area contributed by atoms with Crippen molar-refractivity contribution < 1.29 is 38.6 Å². The van der Waals surface area contributed by atoms with Gasteiger partial charge in [-0.25, -0.2) is 14.0 Å². The third kappa shape index (κ3) is 6.43. The highest BCUT2D eigenvalue weighted by atomic mass is 19.1. The number of rotatable bonds is 6. The van der Waals surface area contributed by atoms with Crippen LogP contribution in [0.1, 0.15) is 11.1 Å². The zero-order chi connectivity index (χ0) is 21.4. The highest BCUT2D eigenvalue weighted by molar-refractivity contribution is 6.27. The molecule has 29 heavy (non-hydrogen) atoms. The maximum atomic E-state index is 13.1. The number of halogens is 1. The molecule has 0 fully saturated rings.